The van der Waals surface area contributed by atoms with Crippen LogP contribution < -0.4 is 0 Å². The summed E-state index contributed by atoms with van der Waals surface area (Å²) in [5, 5.41) is 0.600. The predicted octanol–water partition coefficient (Wildman–Crippen LogP) is 1.39. The average molecular weight is 404 g/mol. The van der Waals surface area contributed by atoms with Crippen LogP contribution >= 0.6 is 0 Å². The molecule has 0 bridgehead atoms. The molecule has 0 fully saturated rings. The molecular formula is C14H14O4Se2. The van der Waals surface area contributed by atoms with Crippen molar-refractivity contribution in [1.82, 2.24) is 0 Å². The molecule has 0 aliphatic heterocycles. The van der Waals surface area contributed by atoms with E-state index in [1.807, 2.05) is 0 Å². The maximum absolute atomic E-state index is 11.8. The molecule has 0 unspecified atom stereocenters. The summed E-state index contributed by atoms with van der Waals surface area (Å²) >= 11 is -0.758. The fourth-order valence-electron chi connectivity index (χ4n) is 1.24. The van der Waals surface area contributed by atoms with E-state index in [9.17, 15) is 19.2 Å². The summed E-state index contributed by atoms with van der Waals surface area (Å²) in [6.45, 7) is 2.93. The van der Waals surface area contributed by atoms with Gasteiger partial charge in [0.2, 0.25) is 0 Å². The van der Waals surface area contributed by atoms with Gasteiger partial charge >= 0.3 is 130 Å². The third-order valence-electron chi connectivity index (χ3n) is 2.17. The van der Waals surface area contributed by atoms with Gasteiger partial charge in [-0.15, -0.1) is 0 Å². The van der Waals surface area contributed by atoms with Crippen LogP contribution in [0.4, 0.5) is 0 Å². The van der Waals surface area contributed by atoms with Crippen molar-refractivity contribution in [2.45, 2.75) is 24.5 Å². The Labute approximate surface area is 130 Å². The molecule has 4 nitrogen and oxygen atoms in total. The average Bonchev–Trinajstić information content (AvgIpc) is 2.42. The molecule has 106 valence electrons. The van der Waals surface area contributed by atoms with Crippen molar-refractivity contribution in [2.75, 3.05) is 0 Å². The SMILES string of the molecule is CC(=O)C[Se]C(=O)c1ccc(C(=O)[Se]CC(C)=O)cc1. The van der Waals surface area contributed by atoms with Crippen molar-refractivity contribution >= 4 is 50.8 Å². The zero-order valence-corrected chi connectivity index (χ0v) is 14.6. The first kappa shape index (κ1) is 17.0. The van der Waals surface area contributed by atoms with E-state index in [1.54, 1.807) is 24.3 Å². The van der Waals surface area contributed by atoms with Crippen LogP contribution in [0.5, 0.6) is 0 Å². The maximum atomic E-state index is 11.8. The van der Waals surface area contributed by atoms with Gasteiger partial charge in [0.05, 0.1) is 0 Å². The van der Waals surface area contributed by atoms with Gasteiger partial charge in [-0.05, 0) is 0 Å². The first-order chi connectivity index (χ1) is 9.40. The van der Waals surface area contributed by atoms with Gasteiger partial charge in [-0.3, -0.25) is 0 Å². The molecule has 0 heterocycles. The fourth-order valence-corrected chi connectivity index (χ4v) is 3.92. The molecule has 0 amide bonds. The molecule has 0 aromatic heterocycles. The Hall–Kier alpha value is -1.06. The van der Waals surface area contributed by atoms with Gasteiger partial charge in [0, 0.05) is 0 Å². The molecule has 1 aromatic rings. The summed E-state index contributed by atoms with van der Waals surface area (Å²) in [5.74, 6) is 0.0224. The van der Waals surface area contributed by atoms with Gasteiger partial charge < -0.3 is 0 Å². The summed E-state index contributed by atoms with van der Waals surface area (Å²) in [6, 6.07) is 6.45. The standard InChI is InChI=1S/C14H14O4Se2/c1-9(15)7-19-13(17)11-3-5-12(6-4-11)14(18)20-8-10(2)16/h3-6H,7-8H2,1-2H3. The van der Waals surface area contributed by atoms with Crippen LogP contribution in [0.25, 0.3) is 0 Å². The molecule has 0 aliphatic rings. The molecule has 0 saturated heterocycles. The van der Waals surface area contributed by atoms with E-state index in [2.05, 4.69) is 0 Å². The van der Waals surface area contributed by atoms with E-state index in [4.69, 9.17) is 0 Å². The monoisotopic (exact) mass is 406 g/mol. The zero-order valence-electron chi connectivity index (χ0n) is 11.2. The van der Waals surface area contributed by atoms with Crippen molar-refractivity contribution in [3.05, 3.63) is 35.4 Å². The van der Waals surface area contributed by atoms with Crippen LogP contribution in [0, 0.1) is 0 Å². The Bertz CT molecular complexity index is 486. The van der Waals surface area contributed by atoms with E-state index in [-0.39, 0.29) is 50.8 Å². The van der Waals surface area contributed by atoms with Crippen molar-refractivity contribution in [2.24, 2.45) is 0 Å². The summed E-state index contributed by atoms with van der Waals surface area (Å²) in [4.78, 5) is 45.3. The molecule has 1 aromatic carbocycles. The van der Waals surface area contributed by atoms with E-state index in [0.717, 1.165) is 0 Å². The van der Waals surface area contributed by atoms with Crippen LogP contribution in [0.1, 0.15) is 34.6 Å². The van der Waals surface area contributed by atoms with Crippen molar-refractivity contribution in [3.8, 4) is 0 Å². The molecule has 0 spiro atoms. The van der Waals surface area contributed by atoms with Crippen LogP contribution in [0.2, 0.25) is 10.6 Å². The summed E-state index contributed by atoms with van der Waals surface area (Å²) in [5.41, 5.74) is 1.06. The Balaban J connectivity index is 2.63. The minimum absolute atomic E-state index is 0.0112. The third kappa shape index (κ3) is 5.93. The second-order valence-corrected chi connectivity index (χ2v) is 8.11. The summed E-state index contributed by atoms with van der Waals surface area (Å²) < 4.78 is -0.0816. The van der Waals surface area contributed by atoms with E-state index in [1.165, 1.54) is 13.8 Å². The van der Waals surface area contributed by atoms with Crippen LogP contribution in [0.3, 0.4) is 0 Å². The van der Waals surface area contributed by atoms with Crippen molar-refractivity contribution in [3.63, 3.8) is 0 Å². The number of hydrogen-bond donors (Lipinski definition) is 0. The Morgan fingerprint density at radius 3 is 1.30 bits per heavy atom. The number of carbonyl (C=O) groups is 4. The molecule has 6 heteroatoms. The van der Waals surface area contributed by atoms with Crippen LogP contribution in [-0.2, 0) is 9.59 Å². The number of carbonyl (C=O) groups excluding carboxylic acids is 4. The minimum atomic E-state index is -0.379. The quantitative estimate of drug-likeness (QED) is 0.615. The first-order valence-electron chi connectivity index (χ1n) is 5.83. The second-order valence-electron chi connectivity index (χ2n) is 4.13. The van der Waals surface area contributed by atoms with E-state index < -0.39 is 0 Å². The molecule has 0 saturated carbocycles. The van der Waals surface area contributed by atoms with Crippen molar-refractivity contribution in [1.29, 1.82) is 0 Å². The number of ketones is 2. The third-order valence-corrected chi connectivity index (χ3v) is 6.57. The topological polar surface area (TPSA) is 68.3 Å². The Kier molecular flexibility index (Phi) is 7.03. The fraction of sp³-hybridized carbons (Fsp3) is 0.286. The van der Waals surface area contributed by atoms with Gasteiger partial charge in [0.15, 0.2) is 0 Å². The van der Waals surface area contributed by atoms with Gasteiger partial charge in [0.25, 0.3) is 0 Å². The number of rotatable bonds is 8. The van der Waals surface area contributed by atoms with Crippen LogP contribution in [-0.4, -0.2) is 50.8 Å². The Morgan fingerprint density at radius 1 is 0.750 bits per heavy atom. The molecule has 0 atom stereocenters. The van der Waals surface area contributed by atoms with Gasteiger partial charge in [-0.2, -0.15) is 0 Å². The first-order valence-corrected chi connectivity index (χ1v) is 9.97. The van der Waals surface area contributed by atoms with E-state index >= 15 is 0 Å². The molecular weight excluding hydrogens is 390 g/mol. The number of benzene rings is 1. The van der Waals surface area contributed by atoms with Crippen LogP contribution in [0.15, 0.2) is 24.3 Å². The molecule has 0 N–H and O–H groups in total. The molecule has 1 rings (SSSR count). The molecule has 0 radical (unpaired) electrons. The predicted molar refractivity (Wildman–Crippen MR) is 77.6 cm³/mol. The summed E-state index contributed by atoms with van der Waals surface area (Å²) in [7, 11) is 0. The second kappa shape index (κ2) is 8.28. The van der Waals surface area contributed by atoms with Gasteiger partial charge in [0.1, 0.15) is 0 Å². The summed E-state index contributed by atoms with van der Waals surface area (Å²) in [6.07, 6.45) is 0. The van der Waals surface area contributed by atoms with Gasteiger partial charge in [-0.1, -0.05) is 0 Å². The Morgan fingerprint density at radius 2 is 1.05 bits per heavy atom. The molecule has 20 heavy (non-hydrogen) atoms. The number of hydrogen-bond acceptors (Lipinski definition) is 4. The zero-order chi connectivity index (χ0) is 15.1. The normalized spacial score (nSPS) is 10.1. The van der Waals surface area contributed by atoms with Gasteiger partial charge in [-0.25, -0.2) is 0 Å². The van der Waals surface area contributed by atoms with E-state index in [0.29, 0.717) is 21.8 Å². The number of Topliss-reactive ketones (excluding diaryl/α,β-unsaturated/α-hetero) is 2. The molecule has 0 aliphatic carbocycles. The van der Waals surface area contributed by atoms with Crippen molar-refractivity contribution < 1.29 is 19.2 Å².